The molecule has 0 aliphatic heterocycles. The first-order valence-corrected chi connectivity index (χ1v) is 10.2. The van der Waals surface area contributed by atoms with E-state index in [1.807, 2.05) is 6.07 Å². The van der Waals surface area contributed by atoms with Gasteiger partial charge in [-0.25, -0.2) is 4.79 Å². The predicted octanol–water partition coefficient (Wildman–Crippen LogP) is 4.07. The Morgan fingerprint density at radius 1 is 1.19 bits per heavy atom. The quantitative estimate of drug-likeness (QED) is 0.672. The molecule has 0 radical (unpaired) electrons. The fraction of sp³-hybridized carbons (Fsp3) is 0.524. The molecule has 0 atom stereocenters. The van der Waals surface area contributed by atoms with Gasteiger partial charge in [0.25, 0.3) is 0 Å². The minimum Gasteiger partial charge on any atom is -0.493 e. The van der Waals surface area contributed by atoms with Crippen molar-refractivity contribution >= 4 is 6.03 Å². The first-order chi connectivity index (χ1) is 14.8. The number of benzene rings is 1. The molecule has 0 saturated heterocycles. The zero-order valence-electron chi connectivity index (χ0n) is 17.6. The Kier molecular flexibility index (Phi) is 7.29. The standard InChI is InChI=1S/C21H27F3N4O3/c1-30-17-8-7-15(13-18(17)31-2)14-25-20(29)28(16-5-3-4-6-16)12-11-27-10-9-19(26-27)21(22,23)24/h7-10,13,16H,3-6,11-12,14H2,1-2H3,(H,25,29). The third-order valence-corrected chi connectivity index (χ3v) is 5.42. The average molecular weight is 440 g/mol. The van der Waals surface area contributed by atoms with Crippen LogP contribution in [0.15, 0.2) is 30.5 Å². The molecule has 7 nitrogen and oxygen atoms in total. The van der Waals surface area contributed by atoms with Crippen molar-refractivity contribution in [2.45, 2.75) is 51.0 Å². The van der Waals surface area contributed by atoms with E-state index in [2.05, 4.69) is 10.4 Å². The summed E-state index contributed by atoms with van der Waals surface area (Å²) in [7, 11) is 3.09. The Balaban J connectivity index is 1.63. The number of nitrogens with one attached hydrogen (secondary N) is 1. The normalized spacial score (nSPS) is 14.5. The number of halogens is 3. The first-order valence-electron chi connectivity index (χ1n) is 10.2. The molecule has 1 saturated carbocycles. The number of ether oxygens (including phenoxy) is 2. The number of methoxy groups -OCH3 is 2. The molecule has 2 aromatic rings. The van der Waals surface area contributed by atoms with Crippen LogP contribution in [-0.2, 0) is 19.3 Å². The van der Waals surface area contributed by atoms with Crippen LogP contribution in [0.25, 0.3) is 0 Å². The lowest BCUT2D eigenvalue weighted by molar-refractivity contribution is -0.141. The Labute approximate surface area is 179 Å². The summed E-state index contributed by atoms with van der Waals surface area (Å²) in [5, 5.41) is 6.49. The smallest absolute Gasteiger partial charge is 0.435 e. The number of nitrogens with zero attached hydrogens (tertiary/aromatic N) is 3. The molecule has 0 unspecified atom stereocenters. The van der Waals surface area contributed by atoms with Gasteiger partial charge in [-0.15, -0.1) is 0 Å². The van der Waals surface area contributed by atoms with Crippen molar-refractivity contribution in [3.63, 3.8) is 0 Å². The molecule has 1 aliphatic rings. The van der Waals surface area contributed by atoms with Gasteiger partial charge in [0.15, 0.2) is 17.2 Å². The molecule has 3 rings (SSSR count). The lowest BCUT2D eigenvalue weighted by atomic mass is 10.2. The zero-order valence-corrected chi connectivity index (χ0v) is 17.6. The van der Waals surface area contributed by atoms with E-state index in [9.17, 15) is 18.0 Å². The fourth-order valence-electron chi connectivity index (χ4n) is 3.78. The van der Waals surface area contributed by atoms with Gasteiger partial charge < -0.3 is 19.7 Å². The number of carbonyl (C=O) groups excluding carboxylic acids is 1. The Hall–Kier alpha value is -2.91. The van der Waals surface area contributed by atoms with Crippen LogP contribution >= 0.6 is 0 Å². The van der Waals surface area contributed by atoms with E-state index in [-0.39, 0.29) is 25.2 Å². The SMILES string of the molecule is COc1ccc(CNC(=O)N(CCn2ccc(C(F)(F)F)n2)C2CCCC2)cc1OC. The van der Waals surface area contributed by atoms with Crippen LogP contribution in [0, 0.1) is 0 Å². The number of amides is 2. The number of carbonyl (C=O) groups is 1. The number of rotatable bonds is 8. The molecular weight excluding hydrogens is 413 g/mol. The third kappa shape index (κ3) is 5.83. The van der Waals surface area contributed by atoms with Gasteiger partial charge in [-0.1, -0.05) is 18.9 Å². The third-order valence-electron chi connectivity index (χ3n) is 5.42. The summed E-state index contributed by atoms with van der Waals surface area (Å²) >= 11 is 0. The van der Waals surface area contributed by atoms with Gasteiger partial charge in [0.1, 0.15) is 0 Å². The van der Waals surface area contributed by atoms with Crippen LogP contribution in [0.1, 0.15) is 36.9 Å². The summed E-state index contributed by atoms with van der Waals surface area (Å²) < 4.78 is 50.0. The average Bonchev–Trinajstić information content (AvgIpc) is 3.44. The molecule has 1 aromatic heterocycles. The highest BCUT2D eigenvalue weighted by Crippen LogP contribution is 2.29. The van der Waals surface area contributed by atoms with Gasteiger partial charge in [0.05, 0.1) is 20.8 Å². The largest absolute Gasteiger partial charge is 0.493 e. The summed E-state index contributed by atoms with van der Waals surface area (Å²) in [5.41, 5.74) is -0.0860. The minimum atomic E-state index is -4.48. The van der Waals surface area contributed by atoms with Gasteiger partial charge >= 0.3 is 12.2 Å². The van der Waals surface area contributed by atoms with Crippen LogP contribution in [0.4, 0.5) is 18.0 Å². The van der Waals surface area contributed by atoms with E-state index in [4.69, 9.17) is 9.47 Å². The lowest BCUT2D eigenvalue weighted by Crippen LogP contribution is -2.46. The van der Waals surface area contributed by atoms with Crippen molar-refractivity contribution in [1.29, 1.82) is 0 Å². The molecule has 1 heterocycles. The highest BCUT2D eigenvalue weighted by molar-refractivity contribution is 5.74. The maximum absolute atomic E-state index is 12.9. The van der Waals surface area contributed by atoms with Gasteiger partial charge in [-0.2, -0.15) is 18.3 Å². The number of hydrogen-bond donors (Lipinski definition) is 1. The molecule has 1 fully saturated rings. The Bertz CT molecular complexity index is 879. The molecule has 1 aliphatic carbocycles. The minimum absolute atomic E-state index is 0.0723. The lowest BCUT2D eigenvalue weighted by Gasteiger charge is -2.29. The molecule has 1 aromatic carbocycles. The predicted molar refractivity (Wildman–Crippen MR) is 108 cm³/mol. The van der Waals surface area contributed by atoms with Gasteiger partial charge in [0.2, 0.25) is 0 Å². The van der Waals surface area contributed by atoms with Crippen LogP contribution in [0.5, 0.6) is 11.5 Å². The van der Waals surface area contributed by atoms with Crippen LogP contribution in [0.3, 0.4) is 0 Å². The van der Waals surface area contributed by atoms with Crippen molar-refractivity contribution < 1.29 is 27.4 Å². The van der Waals surface area contributed by atoms with Crippen molar-refractivity contribution in [2.75, 3.05) is 20.8 Å². The molecule has 0 bridgehead atoms. The first kappa shape index (κ1) is 22.8. The summed E-state index contributed by atoms with van der Waals surface area (Å²) in [5.74, 6) is 1.17. The molecule has 170 valence electrons. The molecular formula is C21H27F3N4O3. The molecule has 0 spiro atoms. The maximum Gasteiger partial charge on any atom is 0.435 e. The monoisotopic (exact) mass is 440 g/mol. The highest BCUT2D eigenvalue weighted by atomic mass is 19.4. The van der Waals surface area contributed by atoms with Crippen molar-refractivity contribution in [2.24, 2.45) is 0 Å². The van der Waals surface area contributed by atoms with E-state index in [1.54, 1.807) is 31.3 Å². The molecule has 2 amide bonds. The van der Waals surface area contributed by atoms with E-state index in [0.29, 0.717) is 18.0 Å². The Morgan fingerprint density at radius 2 is 1.90 bits per heavy atom. The van der Waals surface area contributed by atoms with Crippen molar-refractivity contribution in [3.8, 4) is 11.5 Å². The molecule has 31 heavy (non-hydrogen) atoms. The summed E-state index contributed by atoms with van der Waals surface area (Å²) in [4.78, 5) is 14.6. The number of aromatic nitrogens is 2. The van der Waals surface area contributed by atoms with Crippen LogP contribution in [-0.4, -0.2) is 47.5 Å². The van der Waals surface area contributed by atoms with Gasteiger partial charge in [-0.3, -0.25) is 4.68 Å². The van der Waals surface area contributed by atoms with E-state index >= 15 is 0 Å². The van der Waals surface area contributed by atoms with Crippen molar-refractivity contribution in [3.05, 3.63) is 41.7 Å². The maximum atomic E-state index is 12.9. The van der Waals surface area contributed by atoms with Gasteiger partial charge in [0, 0.05) is 25.3 Å². The van der Waals surface area contributed by atoms with E-state index in [1.165, 1.54) is 10.9 Å². The van der Waals surface area contributed by atoms with E-state index < -0.39 is 11.9 Å². The number of urea groups is 1. The van der Waals surface area contributed by atoms with E-state index in [0.717, 1.165) is 37.3 Å². The fourth-order valence-corrected chi connectivity index (χ4v) is 3.78. The topological polar surface area (TPSA) is 68.6 Å². The zero-order chi connectivity index (χ0) is 22.4. The molecule has 1 N–H and O–H groups in total. The summed E-state index contributed by atoms with van der Waals surface area (Å²) in [6.45, 7) is 0.764. The second-order valence-corrected chi connectivity index (χ2v) is 7.44. The number of hydrogen-bond acceptors (Lipinski definition) is 4. The van der Waals surface area contributed by atoms with Crippen LogP contribution < -0.4 is 14.8 Å². The summed E-state index contributed by atoms with van der Waals surface area (Å²) in [6, 6.07) is 6.17. The Morgan fingerprint density at radius 3 is 2.52 bits per heavy atom. The highest BCUT2D eigenvalue weighted by Gasteiger charge is 2.33. The number of alkyl halides is 3. The second-order valence-electron chi connectivity index (χ2n) is 7.44. The van der Waals surface area contributed by atoms with Crippen molar-refractivity contribution in [1.82, 2.24) is 20.0 Å². The molecule has 10 heteroatoms. The summed E-state index contributed by atoms with van der Waals surface area (Å²) in [6.07, 6.45) is 0.645. The second kappa shape index (κ2) is 9.93. The van der Waals surface area contributed by atoms with Crippen LogP contribution in [0.2, 0.25) is 0 Å². The van der Waals surface area contributed by atoms with Gasteiger partial charge in [-0.05, 0) is 36.6 Å².